The Bertz CT molecular complexity index is 1140. The molecule has 0 aliphatic carbocycles. The van der Waals surface area contributed by atoms with Crippen LogP contribution < -0.4 is 14.6 Å². The van der Waals surface area contributed by atoms with E-state index < -0.39 is 44.1 Å². The van der Waals surface area contributed by atoms with E-state index in [-0.39, 0.29) is 49.0 Å². The lowest BCUT2D eigenvalue weighted by Gasteiger charge is -2.21. The van der Waals surface area contributed by atoms with Crippen molar-refractivity contribution >= 4 is 38.0 Å². The van der Waals surface area contributed by atoms with Crippen molar-refractivity contribution in [3.05, 3.63) is 59.7 Å². The zero-order chi connectivity index (χ0) is 28.1. The summed E-state index contributed by atoms with van der Waals surface area (Å²) >= 11 is 0. The zero-order valence-corrected chi connectivity index (χ0v) is 22.2. The van der Waals surface area contributed by atoms with Crippen molar-refractivity contribution < 1.29 is 47.6 Å². The first-order chi connectivity index (χ1) is 18.1. The number of ether oxygens (including phenoxy) is 2. The molecule has 0 saturated heterocycles. The molecular weight excluding hydrogens is 517 g/mol. The maximum atomic E-state index is 12.5. The first kappa shape index (κ1) is 30.4. The number of carbonyl (C=O) groups is 5. The van der Waals surface area contributed by atoms with Crippen molar-refractivity contribution in [3.63, 3.8) is 0 Å². The molecule has 2 N–H and O–H groups in total. The molecule has 12 heteroatoms. The van der Waals surface area contributed by atoms with Gasteiger partial charge in [0.1, 0.15) is 17.1 Å². The molecule has 0 fully saturated rings. The summed E-state index contributed by atoms with van der Waals surface area (Å²) in [6, 6.07) is 12.5. The van der Waals surface area contributed by atoms with Crippen molar-refractivity contribution in [3.8, 4) is 11.5 Å². The molecule has 2 aromatic rings. The van der Waals surface area contributed by atoms with E-state index in [1.165, 1.54) is 18.2 Å². The molecular formula is C26H30NO10P. The minimum absolute atomic E-state index is 0.111. The van der Waals surface area contributed by atoms with Crippen LogP contribution in [0.4, 0.5) is 0 Å². The molecule has 11 nitrogen and oxygen atoms in total. The highest BCUT2D eigenvalue weighted by Gasteiger charge is 2.23. The molecule has 2 aromatic carbocycles. The van der Waals surface area contributed by atoms with Gasteiger partial charge in [-0.2, -0.15) is 0 Å². The van der Waals surface area contributed by atoms with Gasteiger partial charge in [0.25, 0.3) is 0 Å². The standard InChI is InChI=1S/C26H30NO10P/c1-4-34-26(33)17(2)36-38(37-20-8-6-5-7-9-20)15-14-27-24(30)13-12-22(29)19-10-11-21(25(31)32)23(16-19)35-18(3)28/h5-11,16-17H,4,12-15H2,1-3H3,(H,27,30)(H,31,32)/t17-,38?/m0/s1. The lowest BCUT2D eigenvalue weighted by Crippen LogP contribution is -2.28. The number of benzene rings is 2. The Labute approximate surface area is 221 Å². The summed E-state index contributed by atoms with van der Waals surface area (Å²) < 4.78 is 21.5. The quantitative estimate of drug-likeness (QED) is 0.146. The van der Waals surface area contributed by atoms with Crippen LogP contribution in [0.15, 0.2) is 48.5 Å². The van der Waals surface area contributed by atoms with Crippen LogP contribution in [0.5, 0.6) is 11.5 Å². The van der Waals surface area contributed by atoms with Gasteiger partial charge in [0, 0.05) is 38.0 Å². The number of Topliss-reactive ketones (excluding diaryl/α,β-unsaturated/α-hetero) is 1. The van der Waals surface area contributed by atoms with Gasteiger partial charge in [-0.15, -0.1) is 0 Å². The van der Waals surface area contributed by atoms with Crippen molar-refractivity contribution in [1.82, 2.24) is 5.32 Å². The monoisotopic (exact) mass is 547 g/mol. The highest BCUT2D eigenvalue weighted by atomic mass is 31.2. The molecule has 0 saturated carbocycles. The number of carboxylic acid groups (broad SMARTS) is 1. The van der Waals surface area contributed by atoms with Gasteiger partial charge in [0.05, 0.1) is 6.61 Å². The summed E-state index contributed by atoms with van der Waals surface area (Å²) in [6.45, 7) is 4.75. The first-order valence-corrected chi connectivity index (χ1v) is 13.2. The van der Waals surface area contributed by atoms with E-state index in [1.54, 1.807) is 38.1 Å². The average molecular weight is 547 g/mol. The number of carboxylic acids is 1. The summed E-state index contributed by atoms with van der Waals surface area (Å²) in [5.41, 5.74) is -0.150. The third-order valence-corrected chi connectivity index (χ3v) is 6.38. The minimum Gasteiger partial charge on any atom is -0.478 e. The van der Waals surface area contributed by atoms with Gasteiger partial charge in [-0.3, -0.25) is 14.4 Å². The Morgan fingerprint density at radius 3 is 2.37 bits per heavy atom. The van der Waals surface area contributed by atoms with Gasteiger partial charge in [-0.05, 0) is 38.1 Å². The lowest BCUT2D eigenvalue weighted by molar-refractivity contribution is -0.150. The van der Waals surface area contributed by atoms with Gasteiger partial charge in [0.15, 0.2) is 11.9 Å². The van der Waals surface area contributed by atoms with Crippen molar-refractivity contribution in [2.75, 3.05) is 19.3 Å². The zero-order valence-electron chi connectivity index (χ0n) is 21.3. The predicted molar refractivity (Wildman–Crippen MR) is 137 cm³/mol. The molecule has 0 heterocycles. The van der Waals surface area contributed by atoms with Gasteiger partial charge in [-0.1, -0.05) is 24.3 Å². The first-order valence-electron chi connectivity index (χ1n) is 11.8. The van der Waals surface area contributed by atoms with Crippen LogP contribution in [0.2, 0.25) is 0 Å². The van der Waals surface area contributed by atoms with Crippen LogP contribution in [0.25, 0.3) is 0 Å². The molecule has 1 unspecified atom stereocenters. The Morgan fingerprint density at radius 2 is 1.74 bits per heavy atom. The molecule has 2 atom stereocenters. The smallest absolute Gasteiger partial charge is 0.339 e. The van der Waals surface area contributed by atoms with E-state index in [0.29, 0.717) is 5.75 Å². The Morgan fingerprint density at radius 1 is 1.03 bits per heavy atom. The molecule has 38 heavy (non-hydrogen) atoms. The number of carbonyl (C=O) groups excluding carboxylic acids is 4. The number of amides is 1. The average Bonchev–Trinajstić information content (AvgIpc) is 2.87. The van der Waals surface area contributed by atoms with Crippen molar-refractivity contribution in [2.24, 2.45) is 0 Å². The molecule has 0 bridgehead atoms. The second-order valence-electron chi connectivity index (χ2n) is 7.84. The third-order valence-electron chi connectivity index (χ3n) is 4.83. The third kappa shape index (κ3) is 10.3. The number of aromatic carboxylic acids is 1. The fraction of sp³-hybridized carbons (Fsp3) is 0.346. The largest absolute Gasteiger partial charge is 0.478 e. The van der Waals surface area contributed by atoms with E-state index in [1.807, 2.05) is 6.07 Å². The highest BCUT2D eigenvalue weighted by Crippen LogP contribution is 2.40. The predicted octanol–water partition coefficient (Wildman–Crippen LogP) is 3.75. The topological polar surface area (TPSA) is 155 Å². The van der Waals surface area contributed by atoms with Crippen LogP contribution >= 0.6 is 8.38 Å². The maximum absolute atomic E-state index is 12.5. The van der Waals surface area contributed by atoms with E-state index in [0.717, 1.165) is 6.92 Å². The fourth-order valence-corrected chi connectivity index (χ4v) is 4.39. The molecule has 204 valence electrons. The summed E-state index contributed by atoms with van der Waals surface area (Å²) in [6.07, 6.45) is -0.859. The number of hydrogen-bond donors (Lipinski definition) is 2. The Balaban J connectivity index is 1.91. The van der Waals surface area contributed by atoms with Crippen molar-refractivity contribution in [2.45, 2.75) is 39.7 Å². The van der Waals surface area contributed by atoms with Gasteiger partial charge in [0.2, 0.25) is 14.3 Å². The number of esters is 2. The van der Waals surface area contributed by atoms with Crippen LogP contribution in [0.3, 0.4) is 0 Å². The summed E-state index contributed by atoms with van der Waals surface area (Å²) in [5.74, 6) is -3.07. The molecule has 0 radical (unpaired) electrons. The van der Waals surface area contributed by atoms with E-state index >= 15 is 0 Å². The number of rotatable bonds is 15. The van der Waals surface area contributed by atoms with Crippen LogP contribution in [-0.4, -0.2) is 60.1 Å². The molecule has 2 rings (SSSR count). The van der Waals surface area contributed by atoms with Gasteiger partial charge in [-0.25, -0.2) is 9.59 Å². The van der Waals surface area contributed by atoms with E-state index in [2.05, 4.69) is 5.32 Å². The molecule has 0 aromatic heterocycles. The summed E-state index contributed by atoms with van der Waals surface area (Å²) in [5, 5.41) is 11.9. The second kappa shape index (κ2) is 15.4. The number of para-hydroxylation sites is 1. The number of ketones is 1. The Kier molecular flexibility index (Phi) is 12.4. The molecule has 0 spiro atoms. The second-order valence-corrected chi connectivity index (χ2v) is 9.35. The molecule has 1 amide bonds. The van der Waals surface area contributed by atoms with E-state index in [9.17, 15) is 29.1 Å². The van der Waals surface area contributed by atoms with E-state index in [4.69, 9.17) is 18.5 Å². The normalized spacial score (nSPS) is 12.1. The minimum atomic E-state index is -1.60. The van der Waals surface area contributed by atoms with Gasteiger partial charge < -0.3 is 28.9 Å². The molecule has 0 aliphatic rings. The van der Waals surface area contributed by atoms with Crippen molar-refractivity contribution in [1.29, 1.82) is 0 Å². The highest BCUT2D eigenvalue weighted by molar-refractivity contribution is 7.47. The summed E-state index contributed by atoms with van der Waals surface area (Å²) in [4.78, 5) is 59.4. The number of hydrogen-bond acceptors (Lipinski definition) is 9. The summed E-state index contributed by atoms with van der Waals surface area (Å²) in [7, 11) is -1.60. The van der Waals surface area contributed by atoms with Crippen LogP contribution in [0, 0.1) is 0 Å². The fourth-order valence-electron chi connectivity index (χ4n) is 3.06. The van der Waals surface area contributed by atoms with Crippen LogP contribution in [0.1, 0.15) is 54.3 Å². The SMILES string of the molecule is CCOC(=O)[C@H](C)OP(CCNC(=O)CCC(=O)c1ccc(C(=O)O)c(OC(C)=O)c1)Oc1ccccc1. The Hall–Kier alpha value is -3.82. The van der Waals surface area contributed by atoms with Crippen LogP contribution in [-0.2, 0) is 23.6 Å². The maximum Gasteiger partial charge on any atom is 0.339 e. The lowest BCUT2D eigenvalue weighted by atomic mass is 10.0. The van der Waals surface area contributed by atoms with Gasteiger partial charge >= 0.3 is 17.9 Å². The molecule has 0 aliphatic heterocycles. The number of nitrogens with one attached hydrogen (secondary N) is 1.